The average Bonchev–Trinajstić information content (AvgIpc) is 2.57. The minimum absolute atomic E-state index is 0.335. The highest BCUT2D eigenvalue weighted by molar-refractivity contribution is 6.35. The highest BCUT2D eigenvalue weighted by Crippen LogP contribution is 2.28. The number of carbonyl (C=O) groups excluding carboxylic acids is 1. The van der Waals surface area contributed by atoms with Gasteiger partial charge in [-0.3, -0.25) is 4.79 Å². The van der Waals surface area contributed by atoms with Crippen LogP contribution >= 0.6 is 23.2 Å². The van der Waals surface area contributed by atoms with E-state index in [1.165, 1.54) is 6.21 Å². The lowest BCUT2D eigenvalue weighted by atomic mass is 10.2. The quantitative estimate of drug-likeness (QED) is 0.622. The third-order valence-electron chi connectivity index (χ3n) is 3.05. The second-order valence-corrected chi connectivity index (χ2v) is 5.69. The van der Waals surface area contributed by atoms with Crippen LogP contribution in [0.2, 0.25) is 10.0 Å². The van der Waals surface area contributed by atoms with Crippen LogP contribution in [0.3, 0.4) is 0 Å². The van der Waals surface area contributed by atoms with E-state index in [4.69, 9.17) is 32.7 Å². The van der Waals surface area contributed by atoms with Crippen LogP contribution in [0, 0.1) is 0 Å². The molecule has 0 aliphatic heterocycles. The van der Waals surface area contributed by atoms with Crippen molar-refractivity contribution in [2.45, 2.75) is 13.0 Å². The molecule has 2 rings (SSSR count). The van der Waals surface area contributed by atoms with Crippen LogP contribution < -0.4 is 14.9 Å². The van der Waals surface area contributed by atoms with Crippen LogP contribution in [0.4, 0.5) is 0 Å². The minimum atomic E-state index is -0.772. The fraction of sp³-hybridized carbons (Fsp3) is 0.176. The molecule has 0 heterocycles. The first-order valence-electron chi connectivity index (χ1n) is 7.08. The van der Waals surface area contributed by atoms with Crippen molar-refractivity contribution in [1.29, 1.82) is 0 Å². The predicted molar refractivity (Wildman–Crippen MR) is 95.3 cm³/mol. The molecule has 0 saturated carbocycles. The zero-order valence-corrected chi connectivity index (χ0v) is 14.6. The molecule has 24 heavy (non-hydrogen) atoms. The number of carbonyl (C=O) groups is 1. The maximum Gasteiger partial charge on any atom is 0.280 e. The Morgan fingerprint density at radius 2 is 2.04 bits per heavy atom. The summed E-state index contributed by atoms with van der Waals surface area (Å²) in [6.45, 7) is 1.60. The van der Waals surface area contributed by atoms with E-state index in [9.17, 15) is 4.79 Å². The first-order chi connectivity index (χ1) is 11.5. The number of rotatable bonds is 6. The molecule has 5 nitrogen and oxygen atoms in total. The van der Waals surface area contributed by atoms with Crippen molar-refractivity contribution < 1.29 is 14.3 Å². The van der Waals surface area contributed by atoms with Gasteiger partial charge in [0.25, 0.3) is 5.91 Å². The molecule has 1 amide bonds. The molecular weight excluding hydrogens is 351 g/mol. The van der Waals surface area contributed by atoms with Crippen LogP contribution in [0.15, 0.2) is 47.6 Å². The minimum Gasteiger partial charge on any atom is -0.497 e. The van der Waals surface area contributed by atoms with Crippen molar-refractivity contribution in [3.8, 4) is 11.5 Å². The monoisotopic (exact) mass is 366 g/mol. The zero-order chi connectivity index (χ0) is 17.5. The van der Waals surface area contributed by atoms with E-state index < -0.39 is 12.0 Å². The lowest BCUT2D eigenvalue weighted by Crippen LogP contribution is -2.33. The van der Waals surface area contributed by atoms with Gasteiger partial charge in [-0.25, -0.2) is 5.43 Å². The summed E-state index contributed by atoms with van der Waals surface area (Å²) in [6, 6.07) is 12.1. The molecular formula is C17H16Cl2N2O3. The topological polar surface area (TPSA) is 59.9 Å². The largest absolute Gasteiger partial charge is 0.497 e. The molecule has 0 saturated heterocycles. The lowest BCUT2D eigenvalue weighted by molar-refractivity contribution is -0.127. The third kappa shape index (κ3) is 5.15. The molecule has 0 aliphatic rings. The molecule has 2 aromatic carbocycles. The van der Waals surface area contributed by atoms with E-state index >= 15 is 0 Å². The van der Waals surface area contributed by atoms with Gasteiger partial charge in [0.15, 0.2) is 6.10 Å². The molecule has 1 N–H and O–H groups in total. The second-order valence-electron chi connectivity index (χ2n) is 4.85. The molecule has 1 unspecified atom stereocenters. The molecule has 126 valence electrons. The van der Waals surface area contributed by atoms with Gasteiger partial charge in [-0.05, 0) is 42.8 Å². The molecule has 0 aromatic heterocycles. The second kappa shape index (κ2) is 8.57. The maximum absolute atomic E-state index is 12.0. The van der Waals surface area contributed by atoms with Crippen molar-refractivity contribution in [3.05, 3.63) is 58.1 Å². The number of methoxy groups -OCH3 is 1. The van der Waals surface area contributed by atoms with Crippen LogP contribution in [0.5, 0.6) is 11.5 Å². The van der Waals surface area contributed by atoms with E-state index in [1.54, 1.807) is 38.3 Å². The Bertz CT molecular complexity index is 750. The van der Waals surface area contributed by atoms with Crippen LogP contribution in [-0.2, 0) is 4.79 Å². The number of hydrogen-bond acceptors (Lipinski definition) is 4. The summed E-state index contributed by atoms with van der Waals surface area (Å²) >= 11 is 11.8. The Hall–Kier alpha value is -2.24. The Kier molecular flexibility index (Phi) is 6.46. The lowest BCUT2D eigenvalue weighted by Gasteiger charge is -2.14. The number of hydrogen-bond donors (Lipinski definition) is 1. The Morgan fingerprint density at radius 3 is 2.75 bits per heavy atom. The molecule has 7 heteroatoms. The normalized spacial score (nSPS) is 12.0. The van der Waals surface area contributed by atoms with Gasteiger partial charge < -0.3 is 9.47 Å². The highest BCUT2D eigenvalue weighted by Gasteiger charge is 2.15. The summed E-state index contributed by atoms with van der Waals surface area (Å²) in [6.07, 6.45) is 0.744. The first-order valence-corrected chi connectivity index (χ1v) is 7.84. The summed E-state index contributed by atoms with van der Waals surface area (Å²) in [4.78, 5) is 12.0. The van der Waals surface area contributed by atoms with Gasteiger partial charge in [0.1, 0.15) is 11.5 Å². The number of ether oxygens (including phenoxy) is 2. The van der Waals surface area contributed by atoms with E-state index in [2.05, 4.69) is 10.5 Å². The average molecular weight is 367 g/mol. The zero-order valence-electron chi connectivity index (χ0n) is 13.1. The standard InChI is InChI=1S/C17H16Cl2N2O3/c1-11(24-16-7-6-13(18)9-15(16)19)17(22)21-20-10-12-4-3-5-14(8-12)23-2/h3-11H,1-2H3,(H,21,22)/b20-10+. The van der Waals surface area contributed by atoms with Crippen LogP contribution in [0.1, 0.15) is 12.5 Å². The SMILES string of the molecule is COc1cccc(/C=N/NC(=O)C(C)Oc2ccc(Cl)cc2Cl)c1. The number of amides is 1. The number of halogens is 2. The van der Waals surface area contributed by atoms with Crippen molar-refractivity contribution >= 4 is 35.3 Å². The third-order valence-corrected chi connectivity index (χ3v) is 3.58. The van der Waals surface area contributed by atoms with Gasteiger partial charge in [0, 0.05) is 5.02 Å². The Morgan fingerprint density at radius 1 is 1.25 bits per heavy atom. The van der Waals surface area contributed by atoms with Gasteiger partial charge in [-0.2, -0.15) is 5.10 Å². The molecule has 0 bridgehead atoms. The molecule has 0 aliphatic carbocycles. The summed E-state index contributed by atoms with van der Waals surface area (Å²) in [5.74, 6) is 0.681. The molecule has 0 spiro atoms. The van der Waals surface area contributed by atoms with Gasteiger partial charge in [0.05, 0.1) is 18.3 Å². The fourth-order valence-corrected chi connectivity index (χ4v) is 2.25. The fourth-order valence-electron chi connectivity index (χ4n) is 1.80. The van der Waals surface area contributed by atoms with Crippen molar-refractivity contribution in [3.63, 3.8) is 0 Å². The van der Waals surface area contributed by atoms with E-state index in [0.29, 0.717) is 21.5 Å². The first kappa shape index (κ1) is 18.1. The Balaban J connectivity index is 1.92. The van der Waals surface area contributed by atoms with Crippen LogP contribution in [-0.4, -0.2) is 25.3 Å². The smallest absolute Gasteiger partial charge is 0.280 e. The molecule has 2 aromatic rings. The van der Waals surface area contributed by atoms with Crippen LogP contribution in [0.25, 0.3) is 0 Å². The number of nitrogens with zero attached hydrogens (tertiary/aromatic N) is 1. The van der Waals surface area contributed by atoms with E-state index in [-0.39, 0.29) is 0 Å². The predicted octanol–water partition coefficient (Wildman–Crippen LogP) is 3.92. The molecule has 0 fully saturated rings. The molecule has 0 radical (unpaired) electrons. The van der Waals surface area contributed by atoms with Gasteiger partial charge in [0.2, 0.25) is 0 Å². The van der Waals surface area contributed by atoms with Gasteiger partial charge in [-0.1, -0.05) is 35.3 Å². The van der Waals surface area contributed by atoms with E-state index in [0.717, 1.165) is 5.56 Å². The summed E-state index contributed by atoms with van der Waals surface area (Å²) < 4.78 is 10.6. The van der Waals surface area contributed by atoms with E-state index in [1.807, 2.05) is 18.2 Å². The van der Waals surface area contributed by atoms with Crippen molar-refractivity contribution in [1.82, 2.24) is 5.43 Å². The molecule has 1 atom stereocenters. The summed E-state index contributed by atoms with van der Waals surface area (Å²) in [5.41, 5.74) is 3.21. The van der Waals surface area contributed by atoms with Gasteiger partial charge >= 0.3 is 0 Å². The highest BCUT2D eigenvalue weighted by atomic mass is 35.5. The van der Waals surface area contributed by atoms with Crippen molar-refractivity contribution in [2.24, 2.45) is 5.10 Å². The van der Waals surface area contributed by atoms with Gasteiger partial charge in [-0.15, -0.1) is 0 Å². The summed E-state index contributed by atoms with van der Waals surface area (Å²) in [7, 11) is 1.58. The summed E-state index contributed by atoms with van der Waals surface area (Å²) in [5, 5.41) is 4.73. The number of hydrazone groups is 1. The Labute approximate surface area is 150 Å². The van der Waals surface area contributed by atoms with Crippen molar-refractivity contribution in [2.75, 3.05) is 7.11 Å². The maximum atomic E-state index is 12.0. The number of nitrogens with one attached hydrogen (secondary N) is 1. The number of benzene rings is 2.